The maximum absolute atomic E-state index is 12.9. The van der Waals surface area contributed by atoms with Crippen LogP contribution in [0.3, 0.4) is 0 Å². The summed E-state index contributed by atoms with van der Waals surface area (Å²) in [5, 5.41) is 13.9. The zero-order valence-corrected chi connectivity index (χ0v) is 15.5. The average molecular weight is 388 g/mol. The molecule has 0 aliphatic rings. The summed E-state index contributed by atoms with van der Waals surface area (Å²) in [7, 11) is 0. The highest BCUT2D eigenvalue weighted by molar-refractivity contribution is 7.09. The van der Waals surface area contributed by atoms with Gasteiger partial charge < -0.3 is 16.0 Å². The van der Waals surface area contributed by atoms with Gasteiger partial charge in [0.2, 0.25) is 0 Å². The fourth-order valence-corrected chi connectivity index (χ4v) is 3.99. The number of benzene rings is 1. The van der Waals surface area contributed by atoms with E-state index < -0.39 is 0 Å². The second-order valence-electron chi connectivity index (χ2n) is 6.48. The first-order valence-corrected chi connectivity index (χ1v) is 9.58. The van der Waals surface area contributed by atoms with Crippen LogP contribution < -0.4 is 11.1 Å². The van der Waals surface area contributed by atoms with Crippen molar-refractivity contribution < 1.29 is 4.79 Å². The Morgan fingerprint density at radius 1 is 1.25 bits per heavy atom. The maximum Gasteiger partial charge on any atom is 0.253 e. The van der Waals surface area contributed by atoms with Crippen LogP contribution in [0, 0.1) is 0 Å². The highest BCUT2D eigenvalue weighted by atomic mass is 32.1. The molecule has 0 fully saturated rings. The monoisotopic (exact) mass is 388 g/mol. The number of carbonyl (C=O) groups is 1. The van der Waals surface area contributed by atoms with Crippen LogP contribution in [0.2, 0.25) is 0 Å². The number of rotatable bonds is 4. The lowest BCUT2D eigenvalue weighted by molar-refractivity contribution is 0.0953. The molecule has 0 saturated carbocycles. The van der Waals surface area contributed by atoms with Gasteiger partial charge in [-0.15, -0.1) is 11.3 Å². The number of carbonyl (C=O) groups excluding carboxylic acids is 1. The van der Waals surface area contributed by atoms with Gasteiger partial charge in [0.25, 0.3) is 5.91 Å². The highest BCUT2D eigenvalue weighted by Crippen LogP contribution is 2.32. The molecule has 0 saturated heterocycles. The number of hydrogen-bond donors (Lipinski definition) is 4. The van der Waals surface area contributed by atoms with Crippen LogP contribution in [0.4, 0.5) is 5.82 Å². The SMILES string of the molecule is Nc1cc2c(-c3cc(C(=O)NCc4cccs4)c4[nH]ncc4c3)c[nH]c2cn1. The molecule has 28 heavy (non-hydrogen) atoms. The van der Waals surface area contributed by atoms with Crippen molar-refractivity contribution in [2.45, 2.75) is 6.54 Å². The second kappa shape index (κ2) is 6.50. The van der Waals surface area contributed by atoms with E-state index in [9.17, 15) is 4.79 Å². The number of nitrogens with two attached hydrogens (primary N) is 1. The smallest absolute Gasteiger partial charge is 0.253 e. The van der Waals surface area contributed by atoms with Crippen molar-refractivity contribution >= 4 is 44.9 Å². The number of fused-ring (bicyclic) bond motifs is 2. The Labute approximate surface area is 163 Å². The van der Waals surface area contributed by atoms with Crippen molar-refractivity contribution in [3.63, 3.8) is 0 Å². The third kappa shape index (κ3) is 2.80. The third-order valence-electron chi connectivity index (χ3n) is 4.70. The van der Waals surface area contributed by atoms with E-state index in [2.05, 4.69) is 25.5 Å². The van der Waals surface area contributed by atoms with Crippen LogP contribution in [-0.2, 0) is 6.54 Å². The summed E-state index contributed by atoms with van der Waals surface area (Å²) < 4.78 is 0. The summed E-state index contributed by atoms with van der Waals surface area (Å²) >= 11 is 1.61. The molecule has 8 heteroatoms. The topological polar surface area (TPSA) is 112 Å². The lowest BCUT2D eigenvalue weighted by Crippen LogP contribution is -2.22. The molecular formula is C20H16N6OS. The zero-order valence-electron chi connectivity index (χ0n) is 14.7. The van der Waals surface area contributed by atoms with Crippen molar-refractivity contribution in [3.05, 3.63) is 64.7 Å². The van der Waals surface area contributed by atoms with E-state index in [1.807, 2.05) is 41.9 Å². The number of aromatic amines is 2. The number of amides is 1. The minimum absolute atomic E-state index is 0.148. The molecule has 4 aromatic heterocycles. The molecule has 0 aliphatic carbocycles. The summed E-state index contributed by atoms with van der Waals surface area (Å²) in [5.74, 6) is 0.303. The van der Waals surface area contributed by atoms with Crippen LogP contribution in [0.25, 0.3) is 32.9 Å². The molecule has 1 amide bonds. The number of nitrogens with one attached hydrogen (secondary N) is 3. The summed E-state index contributed by atoms with van der Waals surface area (Å²) in [6, 6.07) is 9.68. The molecule has 0 bridgehead atoms. The van der Waals surface area contributed by atoms with Crippen LogP contribution in [-0.4, -0.2) is 26.1 Å². The van der Waals surface area contributed by atoms with Crippen LogP contribution in [0.5, 0.6) is 0 Å². The van der Waals surface area contributed by atoms with Crippen molar-refractivity contribution in [3.8, 4) is 11.1 Å². The Morgan fingerprint density at radius 3 is 3.04 bits per heavy atom. The van der Waals surface area contributed by atoms with E-state index >= 15 is 0 Å². The van der Waals surface area contributed by atoms with Crippen molar-refractivity contribution in [2.24, 2.45) is 0 Å². The molecule has 1 aromatic carbocycles. The minimum Gasteiger partial charge on any atom is -0.384 e. The fraction of sp³-hybridized carbons (Fsp3) is 0.0500. The van der Waals surface area contributed by atoms with E-state index in [-0.39, 0.29) is 5.91 Å². The quantitative estimate of drug-likeness (QED) is 0.376. The number of H-pyrrole nitrogens is 2. The number of nitrogens with zero attached hydrogens (tertiary/aromatic N) is 2. The number of thiophene rings is 1. The molecule has 138 valence electrons. The third-order valence-corrected chi connectivity index (χ3v) is 5.57. The van der Waals surface area contributed by atoms with E-state index in [1.54, 1.807) is 23.7 Å². The molecule has 5 aromatic rings. The van der Waals surface area contributed by atoms with Gasteiger partial charge in [-0.25, -0.2) is 4.98 Å². The maximum atomic E-state index is 12.9. The largest absolute Gasteiger partial charge is 0.384 e. The van der Waals surface area contributed by atoms with E-state index in [0.29, 0.717) is 23.4 Å². The predicted molar refractivity (Wildman–Crippen MR) is 111 cm³/mol. The Balaban J connectivity index is 1.59. The van der Waals surface area contributed by atoms with Crippen LogP contribution in [0.1, 0.15) is 15.2 Å². The van der Waals surface area contributed by atoms with Crippen molar-refractivity contribution in [2.75, 3.05) is 5.73 Å². The lowest BCUT2D eigenvalue weighted by atomic mass is 10.00. The molecule has 7 nitrogen and oxygen atoms in total. The van der Waals surface area contributed by atoms with Crippen LogP contribution in [0.15, 0.2) is 54.3 Å². The Kier molecular flexibility index (Phi) is 3.84. The van der Waals surface area contributed by atoms with E-state index in [1.165, 1.54) is 0 Å². The molecule has 0 atom stereocenters. The van der Waals surface area contributed by atoms with Gasteiger partial charge in [-0.3, -0.25) is 9.89 Å². The van der Waals surface area contributed by atoms with Gasteiger partial charge in [-0.2, -0.15) is 5.10 Å². The minimum atomic E-state index is -0.148. The molecule has 0 radical (unpaired) electrons. The Hall–Kier alpha value is -3.65. The first-order chi connectivity index (χ1) is 13.7. The first kappa shape index (κ1) is 16.5. The number of nitrogen functional groups attached to an aromatic ring is 1. The zero-order chi connectivity index (χ0) is 19.1. The molecule has 5 rings (SSSR count). The normalized spacial score (nSPS) is 11.3. The molecule has 4 heterocycles. The Bertz CT molecular complexity index is 1300. The van der Waals surface area contributed by atoms with Crippen LogP contribution >= 0.6 is 11.3 Å². The standard InChI is InChI=1S/C20H16N6OS/c21-18-6-14-16(9-22-17(14)10-23-18)11-4-12-7-25-26-19(12)15(5-11)20(27)24-8-13-2-1-3-28-13/h1-7,9-10,22H,8H2,(H2,21,23)(H,24,27)(H,25,26). The predicted octanol–water partition coefficient (Wildman–Crippen LogP) is 3.68. The highest BCUT2D eigenvalue weighted by Gasteiger charge is 2.16. The number of hydrogen-bond acceptors (Lipinski definition) is 5. The van der Waals surface area contributed by atoms with Gasteiger partial charge >= 0.3 is 0 Å². The summed E-state index contributed by atoms with van der Waals surface area (Å²) in [4.78, 5) is 21.3. The fourth-order valence-electron chi connectivity index (χ4n) is 3.34. The van der Waals surface area contributed by atoms with Gasteiger partial charge in [0.05, 0.1) is 35.5 Å². The first-order valence-electron chi connectivity index (χ1n) is 8.70. The Morgan fingerprint density at radius 2 is 2.18 bits per heavy atom. The summed E-state index contributed by atoms with van der Waals surface area (Å²) in [6.07, 6.45) is 5.33. The van der Waals surface area contributed by atoms with Gasteiger partial charge in [0.1, 0.15) is 5.82 Å². The molecule has 0 unspecified atom stereocenters. The molecule has 5 N–H and O–H groups in total. The summed E-state index contributed by atoms with van der Waals surface area (Å²) in [5.41, 5.74) is 9.89. The van der Waals surface area contributed by atoms with E-state index in [0.717, 1.165) is 32.3 Å². The second-order valence-corrected chi connectivity index (χ2v) is 7.51. The van der Waals surface area contributed by atoms with E-state index in [4.69, 9.17) is 5.73 Å². The van der Waals surface area contributed by atoms with Crippen molar-refractivity contribution in [1.29, 1.82) is 0 Å². The number of pyridine rings is 1. The number of aromatic nitrogens is 4. The van der Waals surface area contributed by atoms with Gasteiger partial charge in [0.15, 0.2) is 0 Å². The van der Waals surface area contributed by atoms with Gasteiger partial charge in [0, 0.05) is 27.4 Å². The molecule has 0 spiro atoms. The van der Waals surface area contributed by atoms with Gasteiger partial charge in [-0.05, 0) is 35.2 Å². The lowest BCUT2D eigenvalue weighted by Gasteiger charge is -2.08. The van der Waals surface area contributed by atoms with Gasteiger partial charge in [-0.1, -0.05) is 6.07 Å². The average Bonchev–Trinajstić information content (AvgIpc) is 3.44. The number of anilines is 1. The molecular weight excluding hydrogens is 372 g/mol. The molecule has 0 aliphatic heterocycles. The van der Waals surface area contributed by atoms with Crippen molar-refractivity contribution in [1.82, 2.24) is 25.5 Å². The summed E-state index contributed by atoms with van der Waals surface area (Å²) in [6.45, 7) is 0.492.